The molecule has 0 aliphatic heterocycles. The van der Waals surface area contributed by atoms with Gasteiger partial charge in [0.2, 0.25) is 0 Å². The van der Waals surface area contributed by atoms with E-state index in [2.05, 4.69) is 5.32 Å². The molecule has 0 spiro atoms. The number of likely N-dealkylation sites (N-methyl/N-ethyl adjacent to an activating group) is 1. The summed E-state index contributed by atoms with van der Waals surface area (Å²) in [6.07, 6.45) is 0. The Labute approximate surface area is 88.3 Å². The summed E-state index contributed by atoms with van der Waals surface area (Å²) < 4.78 is 31.0. The number of halogens is 2. The van der Waals surface area contributed by atoms with Gasteiger partial charge in [-0.2, -0.15) is 0 Å². The third-order valence-electron chi connectivity index (χ3n) is 2.16. The van der Waals surface area contributed by atoms with Crippen LogP contribution in [0.25, 0.3) is 0 Å². The average molecular weight is 215 g/mol. The molecule has 1 aromatic carbocycles. The molecule has 1 rings (SSSR count). The lowest BCUT2D eigenvalue weighted by molar-refractivity contribution is 0.209. The van der Waals surface area contributed by atoms with Gasteiger partial charge in [-0.25, -0.2) is 8.78 Å². The molecule has 0 saturated heterocycles. The molecule has 0 atom stereocenters. The minimum Gasteiger partial charge on any atom is -0.489 e. The molecule has 0 aliphatic rings. The molecule has 0 radical (unpaired) electrons. The van der Waals surface area contributed by atoms with Crippen molar-refractivity contribution < 1.29 is 13.5 Å². The zero-order chi connectivity index (χ0) is 11.5. The quantitative estimate of drug-likeness (QED) is 0.832. The van der Waals surface area contributed by atoms with E-state index in [1.165, 1.54) is 12.1 Å². The van der Waals surface area contributed by atoms with Crippen LogP contribution in [0.5, 0.6) is 5.75 Å². The molecule has 0 fully saturated rings. The summed E-state index contributed by atoms with van der Waals surface area (Å²) >= 11 is 0. The molecule has 0 aromatic heterocycles. The molecular weight excluding hydrogens is 200 g/mol. The van der Waals surface area contributed by atoms with E-state index in [0.29, 0.717) is 6.61 Å². The predicted molar refractivity (Wildman–Crippen MR) is 55.0 cm³/mol. The van der Waals surface area contributed by atoms with Gasteiger partial charge >= 0.3 is 0 Å². The monoisotopic (exact) mass is 215 g/mol. The maximum absolute atomic E-state index is 13.1. The first-order chi connectivity index (χ1) is 6.94. The van der Waals surface area contributed by atoms with Crippen LogP contribution in [0.1, 0.15) is 13.8 Å². The number of rotatable bonds is 4. The molecule has 0 saturated carbocycles. The van der Waals surface area contributed by atoms with Crippen LogP contribution in [0.4, 0.5) is 8.78 Å². The van der Waals surface area contributed by atoms with E-state index >= 15 is 0 Å². The minimum atomic E-state index is -0.679. The van der Waals surface area contributed by atoms with Crippen molar-refractivity contribution in [1.29, 1.82) is 0 Å². The fraction of sp³-hybridized carbons (Fsp3) is 0.455. The van der Waals surface area contributed by atoms with Gasteiger partial charge in [0.25, 0.3) is 0 Å². The lowest BCUT2D eigenvalue weighted by atomic mass is 10.1. The SMILES string of the molecule is CNC(C)(C)COc1ccc(F)cc1F. The maximum atomic E-state index is 13.1. The highest BCUT2D eigenvalue weighted by molar-refractivity contribution is 5.24. The lowest BCUT2D eigenvalue weighted by Crippen LogP contribution is -2.42. The van der Waals surface area contributed by atoms with Crippen LogP contribution in [0.3, 0.4) is 0 Å². The zero-order valence-electron chi connectivity index (χ0n) is 9.10. The summed E-state index contributed by atoms with van der Waals surface area (Å²) in [7, 11) is 1.80. The van der Waals surface area contributed by atoms with Crippen molar-refractivity contribution in [1.82, 2.24) is 5.32 Å². The normalized spacial score (nSPS) is 11.5. The van der Waals surface area contributed by atoms with E-state index < -0.39 is 11.6 Å². The van der Waals surface area contributed by atoms with Gasteiger partial charge in [0, 0.05) is 11.6 Å². The van der Waals surface area contributed by atoms with Crippen LogP contribution in [0.2, 0.25) is 0 Å². The number of benzene rings is 1. The number of hydrogen-bond acceptors (Lipinski definition) is 2. The maximum Gasteiger partial charge on any atom is 0.167 e. The number of ether oxygens (including phenoxy) is 1. The summed E-state index contributed by atoms with van der Waals surface area (Å²) in [6, 6.07) is 3.27. The van der Waals surface area contributed by atoms with Crippen molar-refractivity contribution in [3.63, 3.8) is 0 Å². The molecule has 84 valence electrons. The molecule has 1 aromatic rings. The Morgan fingerprint density at radius 1 is 1.33 bits per heavy atom. The third kappa shape index (κ3) is 3.47. The minimum absolute atomic E-state index is 0.0692. The highest BCUT2D eigenvalue weighted by Gasteiger charge is 2.16. The molecule has 4 heteroatoms. The first-order valence-electron chi connectivity index (χ1n) is 4.71. The highest BCUT2D eigenvalue weighted by atomic mass is 19.1. The van der Waals surface area contributed by atoms with Crippen LogP contribution in [-0.2, 0) is 0 Å². The Kier molecular flexibility index (Phi) is 3.63. The van der Waals surface area contributed by atoms with E-state index in [-0.39, 0.29) is 11.3 Å². The largest absolute Gasteiger partial charge is 0.489 e. The Morgan fingerprint density at radius 3 is 2.53 bits per heavy atom. The lowest BCUT2D eigenvalue weighted by Gasteiger charge is -2.24. The van der Waals surface area contributed by atoms with E-state index in [1.807, 2.05) is 13.8 Å². The van der Waals surface area contributed by atoms with Gasteiger partial charge in [0.05, 0.1) is 0 Å². The van der Waals surface area contributed by atoms with Crippen molar-refractivity contribution >= 4 is 0 Å². The van der Waals surface area contributed by atoms with Crippen molar-refractivity contribution in [3.8, 4) is 5.75 Å². The summed E-state index contributed by atoms with van der Waals surface area (Å²) in [4.78, 5) is 0. The van der Waals surface area contributed by atoms with Gasteiger partial charge in [0.1, 0.15) is 12.4 Å². The Hall–Kier alpha value is -1.16. The molecule has 0 amide bonds. The Balaban J connectivity index is 2.66. The summed E-state index contributed by atoms with van der Waals surface area (Å²) in [5, 5.41) is 3.02. The van der Waals surface area contributed by atoms with Crippen molar-refractivity contribution in [2.45, 2.75) is 19.4 Å². The standard InChI is InChI=1S/C11H15F2NO/c1-11(2,14-3)7-15-10-5-4-8(12)6-9(10)13/h4-6,14H,7H2,1-3H3. The highest BCUT2D eigenvalue weighted by Crippen LogP contribution is 2.18. The molecule has 15 heavy (non-hydrogen) atoms. The second-order valence-electron chi connectivity index (χ2n) is 4.00. The third-order valence-corrected chi connectivity index (χ3v) is 2.16. The molecule has 0 heterocycles. The van der Waals surface area contributed by atoms with Crippen LogP contribution in [-0.4, -0.2) is 19.2 Å². The molecule has 0 unspecified atom stereocenters. The average Bonchev–Trinajstić information content (AvgIpc) is 2.16. The van der Waals surface area contributed by atoms with E-state index in [4.69, 9.17) is 4.74 Å². The summed E-state index contributed by atoms with van der Waals surface area (Å²) in [6.45, 7) is 4.16. The smallest absolute Gasteiger partial charge is 0.167 e. The van der Waals surface area contributed by atoms with Crippen molar-refractivity contribution in [2.24, 2.45) is 0 Å². The molecular formula is C11H15F2NO. The summed E-state index contributed by atoms with van der Waals surface area (Å²) in [5.41, 5.74) is -0.249. The molecule has 0 aliphatic carbocycles. The molecule has 2 nitrogen and oxygen atoms in total. The van der Waals surface area contributed by atoms with Gasteiger partial charge < -0.3 is 10.1 Å². The van der Waals surface area contributed by atoms with Gasteiger partial charge in [-0.15, -0.1) is 0 Å². The molecule has 1 N–H and O–H groups in total. The second kappa shape index (κ2) is 4.57. The Morgan fingerprint density at radius 2 is 2.00 bits per heavy atom. The van der Waals surface area contributed by atoms with Crippen LogP contribution >= 0.6 is 0 Å². The summed E-state index contributed by atoms with van der Waals surface area (Å²) in [5.74, 6) is -1.21. The van der Waals surface area contributed by atoms with E-state index in [1.54, 1.807) is 7.05 Å². The Bertz CT molecular complexity index is 339. The first-order valence-corrected chi connectivity index (χ1v) is 4.71. The van der Waals surface area contributed by atoms with E-state index in [0.717, 1.165) is 6.07 Å². The van der Waals surface area contributed by atoms with Gasteiger partial charge in [-0.1, -0.05) is 0 Å². The molecule has 0 bridgehead atoms. The number of hydrogen-bond donors (Lipinski definition) is 1. The van der Waals surface area contributed by atoms with Crippen molar-refractivity contribution in [3.05, 3.63) is 29.8 Å². The fourth-order valence-corrected chi connectivity index (χ4v) is 0.923. The van der Waals surface area contributed by atoms with Gasteiger partial charge in [-0.05, 0) is 33.0 Å². The predicted octanol–water partition coefficient (Wildman–Crippen LogP) is 2.34. The zero-order valence-corrected chi connectivity index (χ0v) is 9.10. The van der Waals surface area contributed by atoms with Crippen LogP contribution < -0.4 is 10.1 Å². The van der Waals surface area contributed by atoms with Gasteiger partial charge in [0.15, 0.2) is 11.6 Å². The van der Waals surface area contributed by atoms with E-state index in [9.17, 15) is 8.78 Å². The van der Waals surface area contributed by atoms with Gasteiger partial charge in [-0.3, -0.25) is 0 Å². The second-order valence-corrected chi connectivity index (χ2v) is 4.00. The fourth-order valence-electron chi connectivity index (χ4n) is 0.923. The van der Waals surface area contributed by atoms with Crippen LogP contribution in [0, 0.1) is 11.6 Å². The topological polar surface area (TPSA) is 21.3 Å². The van der Waals surface area contributed by atoms with Crippen molar-refractivity contribution in [2.75, 3.05) is 13.7 Å². The van der Waals surface area contributed by atoms with Crippen LogP contribution in [0.15, 0.2) is 18.2 Å². The first kappa shape index (κ1) is 11.9. The number of nitrogens with one attached hydrogen (secondary N) is 1.